The molecule has 0 bridgehead atoms. The highest BCUT2D eigenvalue weighted by atomic mass is 79.9. The molecule has 0 spiro atoms. The third kappa shape index (κ3) is 5.46. The smallest absolute Gasteiger partial charge is 0.417 e. The fraction of sp³-hybridized carbons (Fsp3) is 0.143. The molecule has 0 amide bonds. The van der Waals surface area contributed by atoms with Gasteiger partial charge < -0.3 is 9.47 Å². The van der Waals surface area contributed by atoms with E-state index in [1.54, 1.807) is 19.2 Å². The molecule has 0 N–H and O–H groups in total. The van der Waals surface area contributed by atoms with Gasteiger partial charge in [0.05, 0.1) is 16.6 Å². The minimum absolute atomic E-state index is 0.0506. The molecule has 5 rings (SSSR count). The molecule has 0 aliphatic carbocycles. The minimum Gasteiger partial charge on any atom is -0.473 e. The van der Waals surface area contributed by atoms with E-state index >= 15 is 0 Å². The lowest BCUT2D eigenvalue weighted by Gasteiger charge is -2.13. The van der Waals surface area contributed by atoms with Crippen molar-refractivity contribution in [3.63, 3.8) is 0 Å². The van der Waals surface area contributed by atoms with E-state index in [9.17, 15) is 13.2 Å². The molecule has 2 aromatic heterocycles. The SMILES string of the molecule is Cn1nc(-c2ccc(OCc3ccccc3)nc2OCc2ccccc2)c2cc(C(F)(F)F)c(Br)cc21. The predicted molar refractivity (Wildman–Crippen MR) is 138 cm³/mol. The Kier molecular flexibility index (Phi) is 6.88. The van der Waals surface area contributed by atoms with E-state index in [0.29, 0.717) is 34.6 Å². The Hall–Kier alpha value is -3.85. The maximum absolute atomic E-state index is 13.7. The van der Waals surface area contributed by atoms with Gasteiger partial charge in [-0.25, -0.2) is 0 Å². The number of pyridine rings is 1. The topological polar surface area (TPSA) is 49.2 Å². The Balaban J connectivity index is 1.56. The highest BCUT2D eigenvalue weighted by molar-refractivity contribution is 9.10. The minimum atomic E-state index is -4.53. The van der Waals surface area contributed by atoms with Gasteiger partial charge in [-0.05, 0) is 29.3 Å². The van der Waals surface area contributed by atoms with Crippen LogP contribution in [0.1, 0.15) is 16.7 Å². The molecule has 2 heterocycles. The molecular formula is C28H21BrF3N3O2. The van der Waals surface area contributed by atoms with Gasteiger partial charge in [-0.15, -0.1) is 0 Å². The summed E-state index contributed by atoms with van der Waals surface area (Å²) in [4.78, 5) is 4.56. The highest BCUT2D eigenvalue weighted by Crippen LogP contribution is 2.41. The molecule has 0 saturated heterocycles. The van der Waals surface area contributed by atoms with Crippen LogP contribution in [0.15, 0.2) is 89.4 Å². The van der Waals surface area contributed by atoms with E-state index in [1.165, 1.54) is 10.7 Å². The van der Waals surface area contributed by atoms with Gasteiger partial charge in [0, 0.05) is 23.0 Å². The zero-order valence-corrected chi connectivity index (χ0v) is 21.3. The summed E-state index contributed by atoms with van der Waals surface area (Å²) >= 11 is 3.05. The number of hydrogen-bond donors (Lipinski definition) is 0. The van der Waals surface area contributed by atoms with Crippen molar-refractivity contribution in [2.24, 2.45) is 7.05 Å². The average Bonchev–Trinajstić information content (AvgIpc) is 3.21. The van der Waals surface area contributed by atoms with Crippen LogP contribution >= 0.6 is 15.9 Å². The van der Waals surface area contributed by atoms with Gasteiger partial charge in [0.15, 0.2) is 0 Å². The Morgan fingerprint density at radius 1 is 0.838 bits per heavy atom. The number of ether oxygens (including phenoxy) is 2. The van der Waals surface area contributed by atoms with Crippen molar-refractivity contribution >= 4 is 26.8 Å². The molecule has 0 fully saturated rings. The maximum atomic E-state index is 13.7. The second kappa shape index (κ2) is 10.3. The maximum Gasteiger partial charge on any atom is 0.417 e. The first kappa shape index (κ1) is 24.8. The Morgan fingerprint density at radius 2 is 1.46 bits per heavy atom. The molecule has 37 heavy (non-hydrogen) atoms. The summed E-state index contributed by atoms with van der Waals surface area (Å²) in [5.41, 5.74) is 2.44. The Labute approximate surface area is 219 Å². The fourth-order valence-corrected chi connectivity index (χ4v) is 4.50. The summed E-state index contributed by atoms with van der Waals surface area (Å²) in [6, 6.07) is 25.1. The molecule has 0 aliphatic heterocycles. The van der Waals surface area contributed by atoms with E-state index in [2.05, 4.69) is 26.0 Å². The van der Waals surface area contributed by atoms with Gasteiger partial charge in [0.25, 0.3) is 0 Å². The third-order valence-corrected chi connectivity index (χ3v) is 6.44. The van der Waals surface area contributed by atoms with E-state index in [-0.39, 0.29) is 17.0 Å². The van der Waals surface area contributed by atoms with Crippen molar-refractivity contribution < 1.29 is 22.6 Å². The second-order valence-electron chi connectivity index (χ2n) is 8.37. The second-order valence-corrected chi connectivity index (χ2v) is 9.22. The Morgan fingerprint density at radius 3 is 2.08 bits per heavy atom. The molecule has 0 unspecified atom stereocenters. The standard InChI is InChI=1S/C28H21BrF3N3O2/c1-35-24-15-23(29)22(28(30,31)32)14-21(24)26(34-35)20-12-13-25(36-16-18-8-4-2-5-9-18)33-27(20)37-17-19-10-6-3-7-11-19/h2-15H,16-17H2,1H3. The van der Waals surface area contributed by atoms with E-state index < -0.39 is 11.7 Å². The molecule has 3 aromatic carbocycles. The molecule has 188 valence electrons. The van der Waals surface area contributed by atoms with Crippen molar-refractivity contribution in [3.05, 3.63) is 106 Å². The summed E-state index contributed by atoms with van der Waals surface area (Å²) in [7, 11) is 1.68. The Bertz CT molecular complexity index is 1540. The summed E-state index contributed by atoms with van der Waals surface area (Å²) < 4.78 is 54.5. The molecule has 0 saturated carbocycles. The number of nitrogens with zero attached hydrogens (tertiary/aromatic N) is 3. The number of rotatable bonds is 7. The van der Waals surface area contributed by atoms with Gasteiger partial charge in [-0.1, -0.05) is 76.6 Å². The van der Waals surface area contributed by atoms with Gasteiger partial charge in [-0.3, -0.25) is 4.68 Å². The van der Waals surface area contributed by atoms with E-state index in [0.717, 1.165) is 17.2 Å². The van der Waals surface area contributed by atoms with Crippen LogP contribution in [-0.4, -0.2) is 14.8 Å². The van der Waals surface area contributed by atoms with Crippen molar-refractivity contribution in [3.8, 4) is 23.0 Å². The van der Waals surface area contributed by atoms with Gasteiger partial charge in [0.2, 0.25) is 11.8 Å². The summed E-state index contributed by atoms with van der Waals surface area (Å²) in [5, 5.41) is 4.87. The highest BCUT2D eigenvalue weighted by Gasteiger charge is 2.34. The lowest BCUT2D eigenvalue weighted by atomic mass is 10.1. The van der Waals surface area contributed by atoms with Crippen molar-refractivity contribution in [2.45, 2.75) is 19.4 Å². The predicted octanol–water partition coefficient (Wildman–Crippen LogP) is 7.57. The van der Waals surface area contributed by atoms with Crippen LogP contribution in [-0.2, 0) is 26.4 Å². The van der Waals surface area contributed by atoms with Gasteiger partial charge >= 0.3 is 6.18 Å². The van der Waals surface area contributed by atoms with Crippen LogP contribution in [0.4, 0.5) is 13.2 Å². The molecule has 0 radical (unpaired) electrons. The molecule has 0 atom stereocenters. The number of alkyl halides is 3. The van der Waals surface area contributed by atoms with Crippen LogP contribution in [0.3, 0.4) is 0 Å². The first-order valence-corrected chi connectivity index (χ1v) is 12.2. The third-order valence-electron chi connectivity index (χ3n) is 5.78. The zero-order valence-electron chi connectivity index (χ0n) is 19.7. The van der Waals surface area contributed by atoms with Crippen LogP contribution in [0.2, 0.25) is 0 Å². The largest absolute Gasteiger partial charge is 0.473 e. The zero-order chi connectivity index (χ0) is 26.0. The van der Waals surface area contributed by atoms with Gasteiger partial charge in [0.1, 0.15) is 18.9 Å². The first-order chi connectivity index (χ1) is 17.8. The van der Waals surface area contributed by atoms with Crippen LogP contribution in [0.5, 0.6) is 11.8 Å². The lowest BCUT2D eigenvalue weighted by Crippen LogP contribution is -2.06. The number of aromatic nitrogens is 3. The number of halogens is 4. The molecular weight excluding hydrogens is 547 g/mol. The van der Waals surface area contributed by atoms with E-state index in [4.69, 9.17) is 9.47 Å². The van der Waals surface area contributed by atoms with Crippen LogP contribution in [0, 0.1) is 0 Å². The number of aryl methyl sites for hydroxylation is 1. The van der Waals surface area contributed by atoms with Crippen molar-refractivity contribution in [2.75, 3.05) is 0 Å². The normalized spacial score (nSPS) is 11.6. The molecule has 9 heteroatoms. The number of benzene rings is 3. The van der Waals surface area contributed by atoms with Crippen LogP contribution < -0.4 is 9.47 Å². The first-order valence-electron chi connectivity index (χ1n) is 11.4. The molecule has 5 aromatic rings. The summed E-state index contributed by atoms with van der Waals surface area (Å²) in [5.74, 6) is 0.542. The summed E-state index contributed by atoms with van der Waals surface area (Å²) in [6.07, 6.45) is -4.53. The number of hydrogen-bond acceptors (Lipinski definition) is 4. The van der Waals surface area contributed by atoms with Crippen molar-refractivity contribution in [1.29, 1.82) is 0 Å². The average molecular weight is 568 g/mol. The number of fused-ring (bicyclic) bond motifs is 1. The monoisotopic (exact) mass is 567 g/mol. The van der Waals surface area contributed by atoms with Crippen molar-refractivity contribution in [1.82, 2.24) is 14.8 Å². The van der Waals surface area contributed by atoms with Crippen LogP contribution in [0.25, 0.3) is 22.2 Å². The lowest BCUT2D eigenvalue weighted by molar-refractivity contribution is -0.138. The molecule has 5 nitrogen and oxygen atoms in total. The fourth-order valence-electron chi connectivity index (χ4n) is 3.95. The molecule has 0 aliphatic rings. The van der Waals surface area contributed by atoms with E-state index in [1.807, 2.05) is 60.7 Å². The summed E-state index contributed by atoms with van der Waals surface area (Å²) in [6.45, 7) is 0.522. The quantitative estimate of drug-likeness (QED) is 0.203. The van der Waals surface area contributed by atoms with Gasteiger partial charge in [-0.2, -0.15) is 23.3 Å².